The second-order valence-electron chi connectivity index (χ2n) is 3.10. The first-order chi connectivity index (χ1) is 8.27. The SMILES string of the molecule is COC(=O)CCSCc1sccc1C#CCO. The predicted molar refractivity (Wildman–Crippen MR) is 71.1 cm³/mol. The van der Waals surface area contributed by atoms with Crippen molar-refractivity contribution in [3.05, 3.63) is 21.9 Å². The maximum atomic E-state index is 10.9. The van der Waals surface area contributed by atoms with E-state index >= 15 is 0 Å². The van der Waals surface area contributed by atoms with Crippen LogP contribution in [-0.2, 0) is 15.3 Å². The Morgan fingerprint density at radius 3 is 3.18 bits per heavy atom. The molecule has 0 aliphatic carbocycles. The Hall–Kier alpha value is -0.960. The van der Waals surface area contributed by atoms with Crippen molar-refractivity contribution in [2.45, 2.75) is 12.2 Å². The van der Waals surface area contributed by atoms with Gasteiger partial charge in [0.1, 0.15) is 6.61 Å². The fourth-order valence-corrected chi connectivity index (χ4v) is 3.05. The summed E-state index contributed by atoms with van der Waals surface area (Å²) in [6.45, 7) is -0.120. The average molecular weight is 270 g/mol. The lowest BCUT2D eigenvalue weighted by Crippen LogP contribution is -2.01. The van der Waals surface area contributed by atoms with Gasteiger partial charge in [0.25, 0.3) is 0 Å². The van der Waals surface area contributed by atoms with E-state index in [0.29, 0.717) is 6.42 Å². The molecule has 0 aromatic carbocycles. The minimum Gasteiger partial charge on any atom is -0.469 e. The number of esters is 1. The summed E-state index contributed by atoms with van der Waals surface area (Å²) in [5, 5.41) is 10.6. The van der Waals surface area contributed by atoms with Crippen molar-refractivity contribution in [1.82, 2.24) is 0 Å². The summed E-state index contributed by atoms with van der Waals surface area (Å²) in [5.41, 5.74) is 0.967. The van der Waals surface area contributed by atoms with Crippen LogP contribution in [0, 0.1) is 11.8 Å². The van der Waals surface area contributed by atoms with Crippen molar-refractivity contribution in [2.75, 3.05) is 19.5 Å². The summed E-state index contributed by atoms with van der Waals surface area (Å²) in [4.78, 5) is 12.1. The Labute approximate surface area is 109 Å². The third-order valence-corrected chi connectivity index (χ3v) is 4.05. The molecule has 0 spiro atoms. The third kappa shape index (κ3) is 5.26. The third-order valence-electron chi connectivity index (χ3n) is 1.96. The minimum absolute atomic E-state index is 0.120. The number of methoxy groups -OCH3 is 1. The molecule has 1 aromatic rings. The van der Waals surface area contributed by atoms with Crippen LogP contribution in [0.5, 0.6) is 0 Å². The van der Waals surface area contributed by atoms with Crippen molar-refractivity contribution < 1.29 is 14.6 Å². The van der Waals surface area contributed by atoms with Gasteiger partial charge in [0.2, 0.25) is 0 Å². The monoisotopic (exact) mass is 270 g/mol. The van der Waals surface area contributed by atoms with Crippen molar-refractivity contribution >= 4 is 29.1 Å². The zero-order valence-electron chi connectivity index (χ0n) is 9.56. The first kappa shape index (κ1) is 14.1. The van der Waals surface area contributed by atoms with E-state index in [-0.39, 0.29) is 12.6 Å². The van der Waals surface area contributed by atoms with Crippen LogP contribution < -0.4 is 0 Å². The van der Waals surface area contributed by atoms with E-state index in [2.05, 4.69) is 16.6 Å². The van der Waals surface area contributed by atoms with Crippen LogP contribution >= 0.6 is 23.1 Å². The van der Waals surface area contributed by atoms with Gasteiger partial charge in [-0.05, 0) is 11.4 Å². The second kappa shape index (κ2) is 8.18. The van der Waals surface area contributed by atoms with Gasteiger partial charge in [-0.3, -0.25) is 4.79 Å². The number of carbonyl (C=O) groups excluding carboxylic acids is 1. The molecule has 0 bridgehead atoms. The summed E-state index contributed by atoms with van der Waals surface area (Å²) in [6.07, 6.45) is 0.435. The second-order valence-corrected chi connectivity index (χ2v) is 5.20. The van der Waals surface area contributed by atoms with E-state index in [4.69, 9.17) is 5.11 Å². The van der Waals surface area contributed by atoms with Crippen LogP contribution in [0.3, 0.4) is 0 Å². The highest BCUT2D eigenvalue weighted by Gasteiger charge is 2.04. The van der Waals surface area contributed by atoms with Gasteiger partial charge in [0, 0.05) is 21.9 Å². The Kier molecular flexibility index (Phi) is 6.78. The quantitative estimate of drug-likeness (QED) is 0.504. The molecule has 0 saturated carbocycles. The summed E-state index contributed by atoms with van der Waals surface area (Å²) >= 11 is 3.33. The predicted octanol–water partition coefficient (Wildman–Crippen LogP) is 1.89. The van der Waals surface area contributed by atoms with Gasteiger partial charge in [-0.1, -0.05) is 11.8 Å². The summed E-state index contributed by atoms with van der Waals surface area (Å²) in [7, 11) is 1.40. The van der Waals surface area contributed by atoms with E-state index < -0.39 is 0 Å². The molecular weight excluding hydrogens is 256 g/mol. The molecule has 3 nitrogen and oxygen atoms in total. The minimum atomic E-state index is -0.177. The molecule has 1 N–H and O–H groups in total. The van der Waals surface area contributed by atoms with Crippen molar-refractivity contribution in [3.63, 3.8) is 0 Å². The largest absolute Gasteiger partial charge is 0.469 e. The molecule has 0 fully saturated rings. The highest BCUT2D eigenvalue weighted by Crippen LogP contribution is 2.22. The van der Waals surface area contributed by atoms with E-state index in [1.54, 1.807) is 23.1 Å². The van der Waals surface area contributed by atoms with Gasteiger partial charge >= 0.3 is 5.97 Å². The van der Waals surface area contributed by atoms with Crippen LogP contribution in [0.15, 0.2) is 11.4 Å². The van der Waals surface area contributed by atoms with E-state index in [1.165, 1.54) is 12.0 Å². The smallest absolute Gasteiger partial charge is 0.306 e. The Balaban J connectivity index is 2.36. The van der Waals surface area contributed by atoms with Gasteiger partial charge in [-0.2, -0.15) is 11.8 Å². The number of hydrogen-bond donors (Lipinski definition) is 1. The first-order valence-electron chi connectivity index (χ1n) is 5.08. The van der Waals surface area contributed by atoms with Crippen molar-refractivity contribution in [3.8, 4) is 11.8 Å². The van der Waals surface area contributed by atoms with Crippen LogP contribution in [0.2, 0.25) is 0 Å². The molecule has 1 rings (SSSR count). The Bertz CT molecular complexity index is 415. The highest BCUT2D eigenvalue weighted by atomic mass is 32.2. The van der Waals surface area contributed by atoms with Gasteiger partial charge in [0.15, 0.2) is 0 Å². The highest BCUT2D eigenvalue weighted by molar-refractivity contribution is 7.98. The van der Waals surface area contributed by atoms with Gasteiger partial charge in [0.05, 0.1) is 13.5 Å². The first-order valence-corrected chi connectivity index (χ1v) is 7.12. The lowest BCUT2D eigenvalue weighted by molar-refractivity contribution is -0.140. The molecule has 0 aliphatic rings. The molecule has 1 heterocycles. The van der Waals surface area contributed by atoms with Crippen LogP contribution in [0.25, 0.3) is 0 Å². The number of ether oxygens (including phenoxy) is 1. The van der Waals surface area contributed by atoms with Crippen LogP contribution in [-0.4, -0.2) is 30.5 Å². The molecule has 0 saturated heterocycles. The number of aliphatic hydroxyl groups excluding tert-OH is 1. The fraction of sp³-hybridized carbons (Fsp3) is 0.417. The molecule has 92 valence electrons. The number of carbonyl (C=O) groups is 1. The maximum Gasteiger partial charge on any atom is 0.306 e. The molecule has 17 heavy (non-hydrogen) atoms. The zero-order chi connectivity index (χ0) is 12.5. The van der Waals surface area contributed by atoms with Gasteiger partial charge < -0.3 is 9.84 Å². The average Bonchev–Trinajstić information content (AvgIpc) is 2.79. The lowest BCUT2D eigenvalue weighted by atomic mass is 10.3. The van der Waals surface area contributed by atoms with Crippen LogP contribution in [0.4, 0.5) is 0 Å². The van der Waals surface area contributed by atoms with E-state index in [9.17, 15) is 4.79 Å². The lowest BCUT2D eigenvalue weighted by Gasteiger charge is -2.00. The molecule has 0 atom stereocenters. The standard InChI is InChI=1S/C12H14O3S2/c1-15-12(14)5-7-16-9-11-10(3-2-6-13)4-8-17-11/h4,8,13H,5-7,9H2,1H3. The Morgan fingerprint density at radius 2 is 2.47 bits per heavy atom. The molecule has 5 heteroatoms. The number of aliphatic hydroxyl groups is 1. The van der Waals surface area contributed by atoms with Gasteiger partial charge in [-0.15, -0.1) is 11.3 Å². The normalized spacial score (nSPS) is 9.53. The molecule has 0 radical (unpaired) electrons. The number of thiophene rings is 1. The van der Waals surface area contributed by atoms with Crippen LogP contribution in [0.1, 0.15) is 16.9 Å². The number of rotatable bonds is 5. The molecule has 0 amide bonds. The topological polar surface area (TPSA) is 46.5 Å². The van der Waals surface area contributed by atoms with E-state index in [0.717, 1.165) is 17.1 Å². The Morgan fingerprint density at radius 1 is 1.65 bits per heavy atom. The van der Waals surface area contributed by atoms with Gasteiger partial charge in [-0.25, -0.2) is 0 Å². The molecule has 0 unspecified atom stereocenters. The van der Waals surface area contributed by atoms with E-state index in [1.807, 2.05) is 11.4 Å². The number of thioether (sulfide) groups is 1. The molecule has 1 aromatic heterocycles. The number of hydrogen-bond acceptors (Lipinski definition) is 5. The maximum absolute atomic E-state index is 10.9. The zero-order valence-corrected chi connectivity index (χ0v) is 11.2. The summed E-state index contributed by atoms with van der Waals surface area (Å²) < 4.78 is 4.56. The molecular formula is C12H14O3S2. The van der Waals surface area contributed by atoms with Crippen molar-refractivity contribution in [2.24, 2.45) is 0 Å². The van der Waals surface area contributed by atoms with Crippen molar-refractivity contribution in [1.29, 1.82) is 0 Å². The summed E-state index contributed by atoms with van der Waals surface area (Å²) in [6, 6.07) is 1.95. The molecule has 0 aliphatic heterocycles. The summed E-state index contributed by atoms with van der Waals surface area (Å²) in [5.74, 6) is 6.95. The fourth-order valence-electron chi connectivity index (χ4n) is 1.12.